The molecule has 2 saturated heterocycles. The Labute approximate surface area is 121 Å². The van der Waals surface area contributed by atoms with Crippen LogP contribution in [0.3, 0.4) is 0 Å². The number of hydrogen-bond acceptors (Lipinski definition) is 5. The van der Waals surface area contributed by atoms with Gasteiger partial charge in [0, 0.05) is 39.1 Å². The molecule has 2 rings (SSSR count). The first kappa shape index (κ1) is 15.7. The van der Waals surface area contributed by atoms with E-state index in [-0.39, 0.29) is 29.9 Å². The molecular weight excluding hydrogens is 278 g/mol. The minimum absolute atomic E-state index is 0.0267. The van der Waals surface area contributed by atoms with Gasteiger partial charge in [-0.05, 0) is 25.9 Å². The summed E-state index contributed by atoms with van der Waals surface area (Å²) in [4.78, 5) is 16.2. The average Bonchev–Trinajstić information content (AvgIpc) is 2.87. The molecule has 1 N–H and O–H groups in total. The Bertz CT molecular complexity index is 432. The van der Waals surface area contributed by atoms with Gasteiger partial charge in [-0.15, -0.1) is 0 Å². The number of nitrogens with zero attached hydrogens (tertiary/aromatic N) is 2. The standard InChI is InChI=1S/C13H25N3O3S/c1-15(7-8-16-5-2-3-6-16)13(17)10-12-11-20(18,19)9-4-14-12/h12,14H,2-11H2,1H3. The van der Waals surface area contributed by atoms with E-state index < -0.39 is 9.84 Å². The molecule has 20 heavy (non-hydrogen) atoms. The molecule has 0 radical (unpaired) electrons. The van der Waals surface area contributed by atoms with Crippen molar-refractivity contribution in [3.63, 3.8) is 0 Å². The van der Waals surface area contributed by atoms with Crippen molar-refractivity contribution in [2.24, 2.45) is 0 Å². The van der Waals surface area contributed by atoms with Gasteiger partial charge in [-0.25, -0.2) is 8.42 Å². The summed E-state index contributed by atoms with van der Waals surface area (Å²) in [5, 5.41) is 3.12. The van der Waals surface area contributed by atoms with Crippen LogP contribution in [0.4, 0.5) is 0 Å². The number of nitrogens with one attached hydrogen (secondary N) is 1. The summed E-state index contributed by atoms with van der Waals surface area (Å²) in [7, 11) is -1.17. The summed E-state index contributed by atoms with van der Waals surface area (Å²) in [5.74, 6) is 0.292. The second-order valence-corrected chi connectivity index (χ2v) is 8.06. The van der Waals surface area contributed by atoms with Crippen LogP contribution >= 0.6 is 0 Å². The second-order valence-electron chi connectivity index (χ2n) is 5.83. The van der Waals surface area contributed by atoms with Crippen LogP contribution in [0.1, 0.15) is 19.3 Å². The minimum Gasteiger partial charge on any atom is -0.344 e. The molecule has 0 spiro atoms. The number of hydrogen-bond donors (Lipinski definition) is 1. The number of carbonyl (C=O) groups excluding carboxylic acids is 1. The maximum Gasteiger partial charge on any atom is 0.223 e. The van der Waals surface area contributed by atoms with Gasteiger partial charge in [-0.2, -0.15) is 0 Å². The largest absolute Gasteiger partial charge is 0.344 e. The summed E-state index contributed by atoms with van der Waals surface area (Å²) < 4.78 is 23.1. The lowest BCUT2D eigenvalue weighted by Gasteiger charge is -2.26. The van der Waals surface area contributed by atoms with Gasteiger partial charge in [0.15, 0.2) is 9.84 Å². The highest BCUT2D eigenvalue weighted by Gasteiger charge is 2.27. The fraction of sp³-hybridized carbons (Fsp3) is 0.923. The summed E-state index contributed by atoms with van der Waals surface area (Å²) >= 11 is 0. The van der Waals surface area contributed by atoms with E-state index in [1.54, 1.807) is 11.9 Å². The van der Waals surface area contributed by atoms with Gasteiger partial charge < -0.3 is 15.1 Å². The molecular formula is C13H25N3O3S. The van der Waals surface area contributed by atoms with Gasteiger partial charge in [0.2, 0.25) is 5.91 Å². The maximum absolute atomic E-state index is 12.1. The minimum atomic E-state index is -2.97. The van der Waals surface area contributed by atoms with Crippen LogP contribution in [0.5, 0.6) is 0 Å². The number of sulfone groups is 1. The first-order valence-electron chi connectivity index (χ1n) is 7.36. The topological polar surface area (TPSA) is 69.7 Å². The van der Waals surface area contributed by atoms with E-state index in [9.17, 15) is 13.2 Å². The molecule has 1 atom stereocenters. The molecule has 0 saturated carbocycles. The van der Waals surface area contributed by atoms with Crippen molar-refractivity contribution in [3.05, 3.63) is 0 Å². The number of likely N-dealkylation sites (tertiary alicyclic amines) is 1. The van der Waals surface area contributed by atoms with Gasteiger partial charge in [0.25, 0.3) is 0 Å². The number of likely N-dealkylation sites (N-methyl/N-ethyl adjacent to an activating group) is 1. The lowest BCUT2D eigenvalue weighted by Crippen LogP contribution is -2.48. The Hall–Kier alpha value is -0.660. The molecule has 1 unspecified atom stereocenters. The maximum atomic E-state index is 12.1. The molecule has 0 aromatic carbocycles. The molecule has 0 bridgehead atoms. The van der Waals surface area contributed by atoms with Crippen molar-refractivity contribution in [3.8, 4) is 0 Å². The monoisotopic (exact) mass is 303 g/mol. The van der Waals surface area contributed by atoms with E-state index >= 15 is 0 Å². The van der Waals surface area contributed by atoms with Crippen LogP contribution in [0.15, 0.2) is 0 Å². The quantitative estimate of drug-likeness (QED) is 0.728. The molecule has 2 aliphatic rings. The average molecular weight is 303 g/mol. The van der Waals surface area contributed by atoms with Crippen molar-refractivity contribution in [1.29, 1.82) is 0 Å². The lowest BCUT2D eigenvalue weighted by atomic mass is 10.2. The lowest BCUT2D eigenvalue weighted by molar-refractivity contribution is -0.130. The highest BCUT2D eigenvalue weighted by molar-refractivity contribution is 7.91. The van der Waals surface area contributed by atoms with Gasteiger partial charge in [-0.1, -0.05) is 0 Å². The normalized spacial score (nSPS) is 26.6. The molecule has 2 heterocycles. The smallest absolute Gasteiger partial charge is 0.223 e. The Morgan fingerprint density at radius 3 is 2.70 bits per heavy atom. The third-order valence-corrected chi connectivity index (χ3v) is 5.83. The predicted molar refractivity (Wildman–Crippen MR) is 78.4 cm³/mol. The van der Waals surface area contributed by atoms with Gasteiger partial charge in [0.1, 0.15) is 0 Å². The SMILES string of the molecule is CN(CCN1CCCC1)C(=O)CC1CS(=O)(=O)CCN1. The fourth-order valence-corrected chi connectivity index (χ4v) is 4.23. The molecule has 2 aliphatic heterocycles. The Morgan fingerprint density at radius 2 is 2.05 bits per heavy atom. The van der Waals surface area contributed by atoms with Crippen LogP contribution in [-0.4, -0.2) is 81.4 Å². The Kier molecular flexibility index (Phi) is 5.40. The number of amides is 1. The van der Waals surface area contributed by atoms with Crippen molar-refractivity contribution < 1.29 is 13.2 Å². The molecule has 0 aromatic heterocycles. The van der Waals surface area contributed by atoms with Gasteiger partial charge in [0.05, 0.1) is 11.5 Å². The molecule has 6 nitrogen and oxygen atoms in total. The highest BCUT2D eigenvalue weighted by Crippen LogP contribution is 2.08. The van der Waals surface area contributed by atoms with Gasteiger partial charge >= 0.3 is 0 Å². The highest BCUT2D eigenvalue weighted by atomic mass is 32.2. The molecule has 0 aromatic rings. The van der Waals surface area contributed by atoms with Crippen LogP contribution in [0.25, 0.3) is 0 Å². The van der Waals surface area contributed by atoms with E-state index in [0.29, 0.717) is 6.54 Å². The third-order valence-electron chi connectivity index (χ3n) is 4.10. The van der Waals surface area contributed by atoms with Crippen LogP contribution in [0, 0.1) is 0 Å². The number of carbonyl (C=O) groups is 1. The van der Waals surface area contributed by atoms with E-state index in [1.807, 2.05) is 0 Å². The molecule has 1 amide bonds. The second kappa shape index (κ2) is 6.87. The molecule has 0 aliphatic carbocycles. The predicted octanol–water partition coefficient (Wildman–Crippen LogP) is -0.683. The molecule has 116 valence electrons. The first-order chi connectivity index (χ1) is 9.46. The summed E-state index contributed by atoms with van der Waals surface area (Å²) in [6, 6.07) is -0.226. The number of rotatable bonds is 5. The van der Waals surface area contributed by atoms with Crippen LogP contribution in [0.2, 0.25) is 0 Å². The Balaban J connectivity index is 1.72. The van der Waals surface area contributed by atoms with E-state index in [1.165, 1.54) is 12.8 Å². The van der Waals surface area contributed by atoms with E-state index in [2.05, 4.69) is 10.2 Å². The molecule has 7 heteroatoms. The van der Waals surface area contributed by atoms with E-state index in [4.69, 9.17) is 0 Å². The van der Waals surface area contributed by atoms with Crippen molar-refractivity contribution in [2.45, 2.75) is 25.3 Å². The zero-order valence-corrected chi connectivity index (χ0v) is 13.0. The zero-order chi connectivity index (χ0) is 14.6. The van der Waals surface area contributed by atoms with Crippen molar-refractivity contribution >= 4 is 15.7 Å². The zero-order valence-electron chi connectivity index (χ0n) is 12.2. The van der Waals surface area contributed by atoms with Crippen molar-refractivity contribution in [2.75, 3.05) is 51.3 Å². The fourth-order valence-electron chi connectivity index (χ4n) is 2.79. The molecule has 2 fully saturated rings. The third kappa shape index (κ3) is 4.71. The van der Waals surface area contributed by atoms with E-state index in [0.717, 1.165) is 26.2 Å². The summed E-state index contributed by atoms with van der Waals surface area (Å²) in [6.45, 7) is 4.35. The summed E-state index contributed by atoms with van der Waals surface area (Å²) in [6.07, 6.45) is 2.78. The van der Waals surface area contributed by atoms with Crippen LogP contribution in [-0.2, 0) is 14.6 Å². The van der Waals surface area contributed by atoms with Crippen LogP contribution < -0.4 is 5.32 Å². The van der Waals surface area contributed by atoms with Gasteiger partial charge in [-0.3, -0.25) is 4.79 Å². The van der Waals surface area contributed by atoms with Crippen molar-refractivity contribution in [1.82, 2.24) is 15.1 Å². The first-order valence-corrected chi connectivity index (χ1v) is 9.18. The summed E-state index contributed by atoms with van der Waals surface area (Å²) in [5.41, 5.74) is 0. The Morgan fingerprint density at radius 1 is 1.35 bits per heavy atom.